The second kappa shape index (κ2) is 6.64. The molecule has 0 aliphatic heterocycles. The van der Waals surface area contributed by atoms with E-state index in [-0.39, 0.29) is 6.04 Å². The summed E-state index contributed by atoms with van der Waals surface area (Å²) >= 11 is 0. The summed E-state index contributed by atoms with van der Waals surface area (Å²) in [5.41, 5.74) is 0. The molecule has 0 spiro atoms. The molecule has 0 saturated carbocycles. The molecule has 0 unspecified atom stereocenters. The predicted octanol–water partition coefficient (Wildman–Crippen LogP) is 1.79. The zero-order valence-electron chi connectivity index (χ0n) is 6.98. The quantitative estimate of drug-likeness (QED) is 0.452. The monoisotopic (exact) mass is 139 g/mol. The van der Waals surface area contributed by atoms with Gasteiger partial charge in [0.05, 0.1) is 6.04 Å². The Morgan fingerprint density at radius 3 is 2.60 bits per heavy atom. The lowest BCUT2D eigenvalue weighted by molar-refractivity contribution is 0.574. The first kappa shape index (κ1) is 9.52. The van der Waals surface area contributed by atoms with Crippen molar-refractivity contribution in [2.24, 2.45) is 0 Å². The summed E-state index contributed by atoms with van der Waals surface area (Å²) in [4.78, 5) is 0. The smallest absolute Gasteiger partial charge is 0.0684 e. The number of rotatable bonds is 5. The van der Waals surface area contributed by atoms with Gasteiger partial charge in [-0.15, -0.1) is 6.42 Å². The molecule has 0 heterocycles. The Morgan fingerprint density at radius 1 is 1.50 bits per heavy atom. The Hall–Kier alpha value is -0.480. The topological polar surface area (TPSA) is 12.0 Å². The average Bonchev–Trinajstić information content (AvgIpc) is 1.99. The first-order valence-corrected chi connectivity index (χ1v) is 3.98. The second-order valence-electron chi connectivity index (χ2n) is 2.50. The normalized spacial score (nSPS) is 12.5. The van der Waals surface area contributed by atoms with Crippen LogP contribution in [0, 0.1) is 12.3 Å². The molecule has 58 valence electrons. The molecule has 10 heavy (non-hydrogen) atoms. The maximum atomic E-state index is 5.25. The van der Waals surface area contributed by atoms with Gasteiger partial charge < -0.3 is 5.32 Å². The summed E-state index contributed by atoms with van der Waals surface area (Å²) < 4.78 is 0. The van der Waals surface area contributed by atoms with Crippen molar-refractivity contribution in [2.45, 2.75) is 38.6 Å². The third-order valence-corrected chi connectivity index (χ3v) is 1.65. The average molecular weight is 139 g/mol. The molecule has 0 radical (unpaired) electrons. The van der Waals surface area contributed by atoms with E-state index in [1.54, 1.807) is 0 Å². The van der Waals surface area contributed by atoms with E-state index in [0.29, 0.717) is 0 Å². The Morgan fingerprint density at radius 2 is 2.20 bits per heavy atom. The van der Waals surface area contributed by atoms with Crippen molar-refractivity contribution < 1.29 is 0 Å². The van der Waals surface area contributed by atoms with Crippen LogP contribution < -0.4 is 5.32 Å². The van der Waals surface area contributed by atoms with Gasteiger partial charge in [-0.05, 0) is 13.5 Å². The van der Waals surface area contributed by atoms with Crippen molar-refractivity contribution in [1.29, 1.82) is 0 Å². The van der Waals surface area contributed by atoms with Gasteiger partial charge in [0, 0.05) is 0 Å². The van der Waals surface area contributed by atoms with Crippen molar-refractivity contribution in [3.8, 4) is 12.3 Å². The molecule has 0 bridgehead atoms. The van der Waals surface area contributed by atoms with Gasteiger partial charge in [0.15, 0.2) is 0 Å². The summed E-state index contributed by atoms with van der Waals surface area (Å²) in [6.07, 6.45) is 10.2. The van der Waals surface area contributed by atoms with Gasteiger partial charge in [0.25, 0.3) is 0 Å². The van der Waals surface area contributed by atoms with E-state index >= 15 is 0 Å². The number of nitrogens with one attached hydrogen (secondary N) is 1. The molecule has 0 saturated heterocycles. The van der Waals surface area contributed by atoms with E-state index in [1.165, 1.54) is 19.3 Å². The highest BCUT2D eigenvalue weighted by Crippen LogP contribution is 2.01. The SMILES string of the molecule is C#C[C@@H](CCCCC)NC. The van der Waals surface area contributed by atoms with Crippen LogP contribution in [0.15, 0.2) is 0 Å². The maximum absolute atomic E-state index is 5.25. The van der Waals surface area contributed by atoms with Crippen LogP contribution in [0.4, 0.5) is 0 Å². The molecular weight excluding hydrogens is 122 g/mol. The molecule has 1 N–H and O–H groups in total. The van der Waals surface area contributed by atoms with E-state index in [9.17, 15) is 0 Å². The molecule has 0 aromatic carbocycles. The molecule has 0 rings (SSSR count). The van der Waals surface area contributed by atoms with E-state index in [2.05, 4.69) is 18.2 Å². The van der Waals surface area contributed by atoms with Crippen molar-refractivity contribution in [3.63, 3.8) is 0 Å². The summed E-state index contributed by atoms with van der Waals surface area (Å²) in [7, 11) is 1.91. The third-order valence-electron chi connectivity index (χ3n) is 1.65. The van der Waals surface area contributed by atoms with E-state index in [0.717, 1.165) is 6.42 Å². The Kier molecular flexibility index (Phi) is 6.32. The van der Waals surface area contributed by atoms with Crippen molar-refractivity contribution in [2.75, 3.05) is 7.05 Å². The van der Waals surface area contributed by atoms with Gasteiger partial charge in [0.1, 0.15) is 0 Å². The van der Waals surface area contributed by atoms with E-state index < -0.39 is 0 Å². The molecule has 0 aromatic rings. The molecule has 1 atom stereocenters. The summed E-state index contributed by atoms with van der Waals surface area (Å²) in [6.45, 7) is 2.20. The lowest BCUT2D eigenvalue weighted by Crippen LogP contribution is -2.22. The first-order chi connectivity index (χ1) is 4.85. The lowest BCUT2D eigenvalue weighted by atomic mass is 10.1. The molecule has 1 nitrogen and oxygen atoms in total. The van der Waals surface area contributed by atoms with Crippen LogP contribution in [0.25, 0.3) is 0 Å². The fourth-order valence-electron chi connectivity index (χ4n) is 0.909. The van der Waals surface area contributed by atoms with E-state index in [1.807, 2.05) is 7.05 Å². The fourth-order valence-corrected chi connectivity index (χ4v) is 0.909. The highest BCUT2D eigenvalue weighted by molar-refractivity contribution is 4.97. The molecule has 0 aliphatic rings. The van der Waals surface area contributed by atoms with Crippen LogP contribution in [0.2, 0.25) is 0 Å². The molecule has 0 aliphatic carbocycles. The van der Waals surface area contributed by atoms with Gasteiger partial charge in [0.2, 0.25) is 0 Å². The third kappa shape index (κ3) is 4.40. The minimum atomic E-state index is 0.284. The number of hydrogen-bond acceptors (Lipinski definition) is 1. The molecule has 0 amide bonds. The molecule has 1 heteroatoms. The zero-order chi connectivity index (χ0) is 7.82. The maximum Gasteiger partial charge on any atom is 0.0684 e. The first-order valence-electron chi connectivity index (χ1n) is 3.98. The minimum Gasteiger partial charge on any atom is -0.307 e. The van der Waals surface area contributed by atoms with Crippen LogP contribution >= 0.6 is 0 Å². The summed E-state index contributed by atoms with van der Waals surface area (Å²) in [5, 5.41) is 3.07. The lowest BCUT2D eigenvalue weighted by Gasteiger charge is -2.07. The largest absolute Gasteiger partial charge is 0.307 e. The Bertz CT molecular complexity index is 102. The van der Waals surface area contributed by atoms with Crippen LogP contribution in [-0.2, 0) is 0 Å². The fraction of sp³-hybridized carbons (Fsp3) is 0.778. The zero-order valence-corrected chi connectivity index (χ0v) is 6.98. The number of unbranched alkanes of at least 4 members (excludes halogenated alkanes) is 2. The van der Waals surface area contributed by atoms with Gasteiger partial charge in [-0.1, -0.05) is 32.1 Å². The van der Waals surface area contributed by atoms with Gasteiger partial charge in [-0.25, -0.2) is 0 Å². The minimum absolute atomic E-state index is 0.284. The van der Waals surface area contributed by atoms with Gasteiger partial charge in [-0.3, -0.25) is 0 Å². The van der Waals surface area contributed by atoms with Crippen LogP contribution in [0.5, 0.6) is 0 Å². The van der Waals surface area contributed by atoms with Crippen LogP contribution in [0.3, 0.4) is 0 Å². The van der Waals surface area contributed by atoms with Crippen molar-refractivity contribution in [1.82, 2.24) is 5.32 Å². The summed E-state index contributed by atoms with van der Waals surface area (Å²) in [6, 6.07) is 0.284. The number of terminal acetylenes is 1. The molecule has 0 aromatic heterocycles. The highest BCUT2D eigenvalue weighted by Gasteiger charge is 1.98. The molecular formula is C9H17N. The van der Waals surface area contributed by atoms with Gasteiger partial charge in [-0.2, -0.15) is 0 Å². The van der Waals surface area contributed by atoms with Crippen LogP contribution in [-0.4, -0.2) is 13.1 Å². The van der Waals surface area contributed by atoms with Crippen molar-refractivity contribution >= 4 is 0 Å². The highest BCUT2D eigenvalue weighted by atomic mass is 14.8. The standard InChI is InChI=1S/C9H17N/c1-4-6-7-8-9(5-2)10-3/h2,9-10H,4,6-8H2,1,3H3/t9-/m0/s1. The molecule has 0 fully saturated rings. The second-order valence-corrected chi connectivity index (χ2v) is 2.50. The summed E-state index contributed by atoms with van der Waals surface area (Å²) in [5.74, 6) is 2.70. The van der Waals surface area contributed by atoms with E-state index in [4.69, 9.17) is 6.42 Å². The van der Waals surface area contributed by atoms with Crippen molar-refractivity contribution in [3.05, 3.63) is 0 Å². The van der Waals surface area contributed by atoms with Gasteiger partial charge >= 0.3 is 0 Å². The number of hydrogen-bond donors (Lipinski definition) is 1. The predicted molar refractivity (Wildman–Crippen MR) is 45.8 cm³/mol. The van der Waals surface area contributed by atoms with Crippen LogP contribution in [0.1, 0.15) is 32.6 Å². The Balaban J connectivity index is 3.20. The Labute approximate surface area is 64.2 Å².